The van der Waals surface area contributed by atoms with Crippen LogP contribution in [0.3, 0.4) is 0 Å². The molecule has 18 heavy (non-hydrogen) atoms. The molecule has 0 fully saturated rings. The number of rotatable bonds is 3. The molecule has 0 radical (unpaired) electrons. The first-order valence-corrected chi connectivity index (χ1v) is 5.61. The average Bonchev–Trinajstić information content (AvgIpc) is 2.99. The molecule has 1 aliphatic rings. The van der Waals surface area contributed by atoms with Crippen molar-refractivity contribution in [2.45, 2.75) is 5.92 Å². The molecule has 2 N–H and O–H groups in total. The van der Waals surface area contributed by atoms with Crippen molar-refractivity contribution in [2.75, 3.05) is 13.3 Å². The van der Waals surface area contributed by atoms with Crippen molar-refractivity contribution in [3.8, 4) is 11.5 Å². The summed E-state index contributed by atoms with van der Waals surface area (Å²) in [6.07, 6.45) is 0. The first-order valence-electron chi connectivity index (χ1n) is 5.61. The van der Waals surface area contributed by atoms with E-state index in [1.165, 1.54) is 4.80 Å². The predicted molar refractivity (Wildman–Crippen MR) is 62.3 cm³/mol. The molecule has 1 unspecified atom stereocenters. The number of aryl methyl sites for hydroxylation is 1. The van der Waals surface area contributed by atoms with Gasteiger partial charge in [0.15, 0.2) is 17.3 Å². The Kier molecular flexibility index (Phi) is 2.60. The fourth-order valence-corrected chi connectivity index (χ4v) is 1.96. The molecule has 3 rings (SSSR count). The van der Waals surface area contributed by atoms with Gasteiger partial charge in [0.05, 0.1) is 13.0 Å². The normalized spacial score (nSPS) is 14.8. The van der Waals surface area contributed by atoms with Crippen LogP contribution in [-0.2, 0) is 7.05 Å². The van der Waals surface area contributed by atoms with E-state index in [0.717, 1.165) is 17.1 Å². The highest BCUT2D eigenvalue weighted by Gasteiger charge is 2.21. The summed E-state index contributed by atoms with van der Waals surface area (Å²) >= 11 is 0. The van der Waals surface area contributed by atoms with Gasteiger partial charge in [-0.05, 0) is 22.9 Å². The molecule has 0 amide bonds. The van der Waals surface area contributed by atoms with Crippen LogP contribution in [0, 0.1) is 0 Å². The zero-order valence-electron chi connectivity index (χ0n) is 9.91. The lowest BCUT2D eigenvalue weighted by Crippen LogP contribution is -2.15. The third-order valence-electron chi connectivity index (χ3n) is 2.87. The molecule has 94 valence electrons. The van der Waals surface area contributed by atoms with Gasteiger partial charge in [-0.15, -0.1) is 10.2 Å². The highest BCUT2D eigenvalue weighted by Crippen LogP contribution is 2.35. The lowest BCUT2D eigenvalue weighted by Gasteiger charge is -2.11. The zero-order chi connectivity index (χ0) is 12.5. The van der Waals surface area contributed by atoms with Crippen molar-refractivity contribution >= 4 is 0 Å². The molecule has 7 heteroatoms. The summed E-state index contributed by atoms with van der Waals surface area (Å²) in [4.78, 5) is 1.42. The second kappa shape index (κ2) is 4.26. The Labute approximate surface area is 103 Å². The number of ether oxygens (including phenoxy) is 2. The first-order chi connectivity index (χ1) is 8.78. The second-order valence-electron chi connectivity index (χ2n) is 4.04. The standard InChI is InChI=1S/C11H13N5O2/c1-16-14-11(13-15-16)8(5-12)7-2-3-9-10(4-7)18-6-17-9/h2-4,8H,5-6,12H2,1H3. The van der Waals surface area contributed by atoms with Crippen molar-refractivity contribution in [3.63, 3.8) is 0 Å². The van der Waals surface area contributed by atoms with E-state index in [9.17, 15) is 0 Å². The Morgan fingerprint density at radius 1 is 1.39 bits per heavy atom. The summed E-state index contributed by atoms with van der Waals surface area (Å²) in [5.74, 6) is 2.00. The van der Waals surface area contributed by atoms with E-state index in [1.54, 1.807) is 7.05 Å². The molecule has 1 aromatic heterocycles. The number of nitrogens with zero attached hydrogens (tertiary/aromatic N) is 4. The van der Waals surface area contributed by atoms with Crippen molar-refractivity contribution in [1.82, 2.24) is 20.2 Å². The number of hydrogen-bond acceptors (Lipinski definition) is 6. The molecule has 0 saturated heterocycles. The van der Waals surface area contributed by atoms with Gasteiger partial charge < -0.3 is 15.2 Å². The monoisotopic (exact) mass is 247 g/mol. The Morgan fingerprint density at radius 3 is 2.94 bits per heavy atom. The van der Waals surface area contributed by atoms with E-state index in [1.807, 2.05) is 18.2 Å². The Hall–Kier alpha value is -2.15. The minimum atomic E-state index is -0.0896. The molecule has 1 aliphatic heterocycles. The van der Waals surface area contributed by atoms with Crippen molar-refractivity contribution < 1.29 is 9.47 Å². The topological polar surface area (TPSA) is 88.1 Å². The summed E-state index contributed by atoms with van der Waals surface area (Å²) < 4.78 is 10.6. The van der Waals surface area contributed by atoms with E-state index in [4.69, 9.17) is 15.2 Å². The van der Waals surface area contributed by atoms with Gasteiger partial charge in [-0.1, -0.05) is 6.07 Å². The molecule has 0 bridgehead atoms. The van der Waals surface area contributed by atoms with Gasteiger partial charge in [-0.3, -0.25) is 0 Å². The van der Waals surface area contributed by atoms with Crippen LogP contribution in [-0.4, -0.2) is 33.5 Å². The summed E-state index contributed by atoms with van der Waals surface area (Å²) in [7, 11) is 1.73. The Bertz CT molecular complexity index is 568. The Morgan fingerprint density at radius 2 is 2.22 bits per heavy atom. The number of hydrogen-bond donors (Lipinski definition) is 1. The number of benzene rings is 1. The maximum Gasteiger partial charge on any atom is 0.231 e. The van der Waals surface area contributed by atoms with E-state index < -0.39 is 0 Å². The van der Waals surface area contributed by atoms with Crippen LogP contribution in [0.5, 0.6) is 11.5 Å². The number of aromatic nitrogens is 4. The predicted octanol–water partition coefficient (Wildman–Crippen LogP) is 0.0294. The summed E-state index contributed by atoms with van der Waals surface area (Å²) in [6, 6.07) is 5.73. The molecule has 1 aromatic carbocycles. The molecule has 2 aromatic rings. The SMILES string of the molecule is Cn1nnc(C(CN)c2ccc3c(c2)OCO3)n1. The van der Waals surface area contributed by atoms with Crippen LogP contribution in [0.25, 0.3) is 0 Å². The van der Waals surface area contributed by atoms with E-state index in [2.05, 4.69) is 15.4 Å². The maximum absolute atomic E-state index is 5.80. The van der Waals surface area contributed by atoms with Gasteiger partial charge in [0.25, 0.3) is 0 Å². The first kappa shape index (κ1) is 11.0. The summed E-state index contributed by atoms with van der Waals surface area (Å²) in [5, 5.41) is 12.0. The largest absolute Gasteiger partial charge is 0.454 e. The molecule has 7 nitrogen and oxygen atoms in total. The van der Waals surface area contributed by atoms with Gasteiger partial charge in [-0.25, -0.2) is 0 Å². The third-order valence-corrected chi connectivity index (χ3v) is 2.87. The van der Waals surface area contributed by atoms with Crippen LogP contribution in [0.2, 0.25) is 0 Å². The lowest BCUT2D eigenvalue weighted by molar-refractivity contribution is 0.174. The smallest absolute Gasteiger partial charge is 0.231 e. The van der Waals surface area contributed by atoms with Crippen molar-refractivity contribution in [3.05, 3.63) is 29.6 Å². The van der Waals surface area contributed by atoms with Crippen LogP contribution in [0.1, 0.15) is 17.3 Å². The van der Waals surface area contributed by atoms with E-state index in [-0.39, 0.29) is 12.7 Å². The molecule has 2 heterocycles. The molecular weight excluding hydrogens is 234 g/mol. The molecule has 1 atom stereocenters. The van der Waals surface area contributed by atoms with Gasteiger partial charge in [0.1, 0.15) is 0 Å². The average molecular weight is 247 g/mol. The van der Waals surface area contributed by atoms with Gasteiger partial charge in [0.2, 0.25) is 6.79 Å². The van der Waals surface area contributed by atoms with E-state index >= 15 is 0 Å². The number of tetrazole rings is 1. The lowest BCUT2D eigenvalue weighted by atomic mass is 9.98. The highest BCUT2D eigenvalue weighted by molar-refractivity contribution is 5.46. The summed E-state index contributed by atoms with van der Waals surface area (Å²) in [6.45, 7) is 0.667. The second-order valence-corrected chi connectivity index (χ2v) is 4.04. The van der Waals surface area contributed by atoms with Gasteiger partial charge in [0, 0.05) is 6.54 Å². The quantitative estimate of drug-likeness (QED) is 0.823. The fraction of sp³-hybridized carbons (Fsp3) is 0.364. The Balaban J connectivity index is 1.96. The van der Waals surface area contributed by atoms with Crippen LogP contribution >= 0.6 is 0 Å². The van der Waals surface area contributed by atoms with Crippen molar-refractivity contribution in [2.24, 2.45) is 12.8 Å². The van der Waals surface area contributed by atoms with Crippen LogP contribution in [0.4, 0.5) is 0 Å². The van der Waals surface area contributed by atoms with Crippen molar-refractivity contribution in [1.29, 1.82) is 0 Å². The highest BCUT2D eigenvalue weighted by atomic mass is 16.7. The molecular formula is C11H13N5O2. The third kappa shape index (κ3) is 1.78. The fourth-order valence-electron chi connectivity index (χ4n) is 1.96. The van der Waals surface area contributed by atoms with Crippen LogP contribution in [0.15, 0.2) is 18.2 Å². The molecule has 0 spiro atoms. The maximum atomic E-state index is 5.80. The minimum Gasteiger partial charge on any atom is -0.454 e. The number of fused-ring (bicyclic) bond motifs is 1. The minimum absolute atomic E-state index is 0.0896. The molecule has 0 saturated carbocycles. The van der Waals surface area contributed by atoms with Gasteiger partial charge >= 0.3 is 0 Å². The zero-order valence-corrected chi connectivity index (χ0v) is 9.91. The van der Waals surface area contributed by atoms with Gasteiger partial charge in [-0.2, -0.15) is 4.80 Å². The van der Waals surface area contributed by atoms with Crippen LogP contribution < -0.4 is 15.2 Å². The van der Waals surface area contributed by atoms with E-state index in [0.29, 0.717) is 12.4 Å². The molecule has 0 aliphatic carbocycles. The summed E-state index contributed by atoms with van der Waals surface area (Å²) in [5.41, 5.74) is 6.80. The number of nitrogens with two attached hydrogens (primary N) is 1.